The molecule has 4 aliphatic carbocycles. The molecule has 0 radical (unpaired) electrons. The van der Waals surface area contributed by atoms with E-state index in [2.05, 4.69) is 129 Å². The first-order chi connectivity index (χ1) is 27.3. The number of allylic oxidation sites excluding steroid dienone is 2. The van der Waals surface area contributed by atoms with Gasteiger partial charge in [0.25, 0.3) is 0 Å². The van der Waals surface area contributed by atoms with Gasteiger partial charge in [-0.05, 0) is 0 Å². The van der Waals surface area contributed by atoms with E-state index in [-0.39, 0.29) is 24.8 Å². The van der Waals surface area contributed by atoms with Gasteiger partial charge in [-0.3, -0.25) is 0 Å². The van der Waals surface area contributed by atoms with Gasteiger partial charge < -0.3 is 0 Å². The van der Waals surface area contributed by atoms with Crippen molar-refractivity contribution in [1.82, 2.24) is 0 Å². The van der Waals surface area contributed by atoms with Crippen LogP contribution in [0.25, 0.3) is 34.4 Å². The largest absolute Gasteiger partial charge is 0.147 e. The Morgan fingerprint density at radius 3 is 1.24 bits per heavy atom. The van der Waals surface area contributed by atoms with Crippen LogP contribution in [0.1, 0.15) is 158 Å². The molecule has 8 rings (SSSR count). The van der Waals surface area contributed by atoms with E-state index in [1.165, 1.54) is 134 Å². The third-order valence-electron chi connectivity index (χ3n) is 15.3. The van der Waals surface area contributed by atoms with Gasteiger partial charge in [0.2, 0.25) is 0 Å². The number of halogens is 2. The molecule has 2 fully saturated rings. The summed E-state index contributed by atoms with van der Waals surface area (Å²) in [7, 11) is 0. The number of fused-ring (bicyclic) bond motifs is 2. The normalized spacial score (nSPS) is 20.2. The molecule has 2 unspecified atom stereocenters. The Labute approximate surface area is 367 Å². The van der Waals surface area contributed by atoms with Crippen LogP contribution in [0, 0.1) is 11.8 Å². The first-order valence-corrected chi connectivity index (χ1v) is 36.2. The van der Waals surface area contributed by atoms with Crippen molar-refractivity contribution < 1.29 is 17.4 Å². The summed E-state index contributed by atoms with van der Waals surface area (Å²) in [6.07, 6.45) is 28.7. The van der Waals surface area contributed by atoms with Gasteiger partial charge in [0, 0.05) is 0 Å². The molecule has 4 aromatic carbocycles. The van der Waals surface area contributed by atoms with Gasteiger partial charge >= 0.3 is 346 Å². The first kappa shape index (κ1) is 45.6. The molecule has 0 aliphatic heterocycles. The molecule has 4 aromatic rings. The maximum Gasteiger partial charge on any atom is -0.147 e. The monoisotopic (exact) mass is 908 g/mol. The SMILES string of the molecule is CC[CH2][Zr]([CH3])(=[SiH2])([CH]1C(CC2CCCCCC2)=Cc2c(-c3ccc(CC)cc3)cccc21)[CH]1C(CC2CCCCCC2)=Cc2c(-c3ccc(CC)cc3)cccc21.Cl.Cl. The third-order valence-corrected chi connectivity index (χ3v) is 38.9. The zero-order chi connectivity index (χ0) is 38.7. The van der Waals surface area contributed by atoms with Gasteiger partial charge in [-0.2, -0.15) is 0 Å². The van der Waals surface area contributed by atoms with Crippen molar-refractivity contribution in [2.45, 2.75) is 146 Å². The fraction of sp³-hybridized carbons (Fsp3) is 0.481. The summed E-state index contributed by atoms with van der Waals surface area (Å²) >= 11 is -3.95. The fourth-order valence-corrected chi connectivity index (χ4v) is 38.4. The molecule has 4 aliphatic rings. The van der Waals surface area contributed by atoms with Gasteiger partial charge in [-0.15, -0.1) is 24.8 Å². The summed E-state index contributed by atoms with van der Waals surface area (Å²) in [6.45, 7) is 9.73. The van der Waals surface area contributed by atoms with Crippen molar-refractivity contribution in [3.8, 4) is 22.3 Å². The average Bonchev–Trinajstić information content (AvgIpc) is 3.53. The fourth-order valence-electron chi connectivity index (χ4n) is 12.6. The molecule has 58 heavy (non-hydrogen) atoms. The van der Waals surface area contributed by atoms with Gasteiger partial charge in [0.05, 0.1) is 0 Å². The van der Waals surface area contributed by atoms with E-state index in [0.29, 0.717) is 7.25 Å². The molecule has 310 valence electrons. The van der Waals surface area contributed by atoms with E-state index in [9.17, 15) is 0 Å². The summed E-state index contributed by atoms with van der Waals surface area (Å²) in [5.41, 5.74) is 18.7. The average molecular weight is 911 g/mol. The van der Waals surface area contributed by atoms with Crippen LogP contribution in [-0.4, -0.2) is 6.88 Å². The third kappa shape index (κ3) is 9.13. The first-order valence-electron chi connectivity index (χ1n) is 23.2. The number of aryl methyl sites for hydroxylation is 2. The Hall–Kier alpha value is -1.96. The van der Waals surface area contributed by atoms with Crippen LogP contribution in [0.2, 0.25) is 8.76 Å². The Bertz CT molecular complexity index is 1980. The zero-order valence-electron chi connectivity index (χ0n) is 36.3. The van der Waals surface area contributed by atoms with Crippen molar-refractivity contribution in [2.75, 3.05) is 0 Å². The minimum Gasteiger partial charge on any atom is -0.147 e. The van der Waals surface area contributed by atoms with Crippen molar-refractivity contribution in [1.29, 1.82) is 0 Å². The number of rotatable bonds is 12. The van der Waals surface area contributed by atoms with Crippen molar-refractivity contribution in [3.05, 3.63) is 129 Å². The Morgan fingerprint density at radius 2 is 0.897 bits per heavy atom. The smallest absolute Gasteiger partial charge is 0.147 e. The topological polar surface area (TPSA) is 0 Å². The van der Waals surface area contributed by atoms with Crippen LogP contribution in [0.15, 0.2) is 96.1 Å². The van der Waals surface area contributed by atoms with E-state index in [1.807, 2.05) is 11.1 Å². The van der Waals surface area contributed by atoms with Gasteiger partial charge in [0.1, 0.15) is 0 Å². The molecular formula is C54H72Cl2SiZr. The van der Waals surface area contributed by atoms with Crippen LogP contribution in [-0.2, 0) is 30.2 Å². The van der Waals surface area contributed by atoms with Crippen LogP contribution in [0.3, 0.4) is 0 Å². The molecule has 0 saturated heterocycles. The van der Waals surface area contributed by atoms with Gasteiger partial charge in [-0.25, -0.2) is 0 Å². The quantitative estimate of drug-likeness (QED) is 0.0981. The standard InChI is InChI=1S/2C25H29.C3H7.CH3.2ClH.H2Si.Zr/c2*1-2-19-12-14-22(15-13-19)24-11-7-10-23-17-21(18-25(23)24)16-20-8-5-3-4-6-9-20;1-3-2;;;;;/h2*7,10-15,17-18,20H,2-6,8-9,16H2,1H3;1,3H2,2H3;1H3;2*1H;1H2;. The van der Waals surface area contributed by atoms with Crippen molar-refractivity contribution in [2.24, 2.45) is 11.8 Å². The van der Waals surface area contributed by atoms with E-state index in [4.69, 9.17) is 0 Å². The number of hydrogen-bond donors (Lipinski definition) is 0. The molecule has 0 heterocycles. The maximum absolute atomic E-state index is 3.95. The molecule has 2 saturated carbocycles. The maximum atomic E-state index is 3.00. The summed E-state index contributed by atoms with van der Waals surface area (Å²) in [5, 5.41) is 0. The Kier molecular flexibility index (Phi) is 15.6. The summed E-state index contributed by atoms with van der Waals surface area (Å²) < 4.78 is 5.59. The molecule has 0 aromatic heterocycles. The molecule has 0 bridgehead atoms. The van der Waals surface area contributed by atoms with Crippen LogP contribution in [0.5, 0.6) is 0 Å². The summed E-state index contributed by atoms with van der Waals surface area (Å²) in [5.74, 6) is 1.65. The minimum absolute atomic E-state index is 0. The Morgan fingerprint density at radius 1 is 0.517 bits per heavy atom. The minimum atomic E-state index is -3.95. The van der Waals surface area contributed by atoms with Crippen LogP contribution >= 0.6 is 24.8 Å². The molecule has 0 spiro atoms. The molecule has 0 nitrogen and oxygen atoms in total. The molecule has 2 atom stereocenters. The van der Waals surface area contributed by atoms with Gasteiger partial charge in [-0.1, -0.05) is 0 Å². The van der Waals surface area contributed by atoms with Crippen molar-refractivity contribution >= 4 is 43.8 Å². The Balaban J connectivity index is 0.00000283. The predicted octanol–water partition coefficient (Wildman–Crippen LogP) is 16.4. The molecular weight excluding hydrogens is 839 g/mol. The van der Waals surface area contributed by atoms with E-state index in [0.717, 1.165) is 24.7 Å². The number of benzene rings is 4. The predicted molar refractivity (Wildman–Crippen MR) is 260 cm³/mol. The number of hydrogen-bond acceptors (Lipinski definition) is 0. The molecule has 4 heteroatoms. The van der Waals surface area contributed by atoms with Crippen LogP contribution in [0.4, 0.5) is 0 Å². The van der Waals surface area contributed by atoms with E-state index in [1.54, 1.807) is 22.3 Å². The van der Waals surface area contributed by atoms with E-state index < -0.39 is 17.4 Å². The second kappa shape index (κ2) is 19.8. The van der Waals surface area contributed by atoms with Gasteiger partial charge in [0.15, 0.2) is 0 Å². The van der Waals surface area contributed by atoms with Crippen molar-refractivity contribution in [3.63, 3.8) is 0 Å². The summed E-state index contributed by atoms with van der Waals surface area (Å²) in [4.78, 5) is 0. The molecule has 0 N–H and O–H groups in total. The van der Waals surface area contributed by atoms with E-state index >= 15 is 0 Å². The summed E-state index contributed by atoms with van der Waals surface area (Å²) in [6, 6.07) is 34.1. The molecule has 0 amide bonds. The van der Waals surface area contributed by atoms with Crippen LogP contribution < -0.4 is 0 Å². The zero-order valence-corrected chi connectivity index (χ0v) is 41.8. The second-order valence-corrected chi connectivity index (χ2v) is 47.8. The second-order valence-electron chi connectivity index (χ2n) is 19.4.